The highest BCUT2D eigenvalue weighted by atomic mass is 16.5. The third kappa shape index (κ3) is 4.51. The Balaban J connectivity index is 1.71. The Morgan fingerprint density at radius 1 is 1.32 bits per heavy atom. The van der Waals surface area contributed by atoms with Gasteiger partial charge in [0, 0.05) is 12.6 Å². The molecule has 1 fully saturated rings. The average Bonchev–Trinajstić information content (AvgIpc) is 2.88. The third-order valence-corrected chi connectivity index (χ3v) is 3.76. The maximum atomic E-state index is 9.93. The zero-order valence-electron chi connectivity index (χ0n) is 12.0. The summed E-state index contributed by atoms with van der Waals surface area (Å²) in [6.07, 6.45) is 4.66. The van der Waals surface area contributed by atoms with Crippen molar-refractivity contribution in [2.75, 3.05) is 13.2 Å². The van der Waals surface area contributed by atoms with Crippen molar-refractivity contribution in [2.24, 2.45) is 0 Å². The minimum Gasteiger partial charge on any atom is -0.491 e. The summed E-state index contributed by atoms with van der Waals surface area (Å²) in [5.41, 5.74) is 2.35. The Bertz CT molecular complexity index is 400. The van der Waals surface area contributed by atoms with Crippen molar-refractivity contribution in [3.63, 3.8) is 0 Å². The van der Waals surface area contributed by atoms with Crippen molar-refractivity contribution in [3.05, 3.63) is 29.3 Å². The maximum Gasteiger partial charge on any atom is 0.122 e. The van der Waals surface area contributed by atoms with Crippen molar-refractivity contribution in [2.45, 2.75) is 51.7 Å². The average molecular weight is 263 g/mol. The van der Waals surface area contributed by atoms with Gasteiger partial charge in [-0.1, -0.05) is 30.5 Å². The van der Waals surface area contributed by atoms with Gasteiger partial charge in [0.25, 0.3) is 0 Å². The molecule has 1 saturated carbocycles. The number of hydrogen-bond donors (Lipinski definition) is 2. The van der Waals surface area contributed by atoms with E-state index in [1.54, 1.807) is 0 Å². The summed E-state index contributed by atoms with van der Waals surface area (Å²) in [6.45, 7) is 5.07. The molecule has 0 heterocycles. The first kappa shape index (κ1) is 14.4. The summed E-state index contributed by atoms with van der Waals surface area (Å²) >= 11 is 0. The molecular weight excluding hydrogens is 238 g/mol. The van der Waals surface area contributed by atoms with Crippen LogP contribution in [0.2, 0.25) is 0 Å². The number of nitrogens with one attached hydrogen (secondary N) is 1. The van der Waals surface area contributed by atoms with Crippen molar-refractivity contribution >= 4 is 0 Å². The van der Waals surface area contributed by atoms with Gasteiger partial charge >= 0.3 is 0 Å². The van der Waals surface area contributed by atoms with Gasteiger partial charge in [0.1, 0.15) is 18.5 Å². The van der Waals surface area contributed by atoms with Gasteiger partial charge in [0.15, 0.2) is 0 Å². The van der Waals surface area contributed by atoms with Crippen LogP contribution in [0, 0.1) is 13.8 Å². The van der Waals surface area contributed by atoms with Crippen LogP contribution in [0.15, 0.2) is 18.2 Å². The number of rotatable bonds is 6. The van der Waals surface area contributed by atoms with E-state index in [4.69, 9.17) is 4.74 Å². The van der Waals surface area contributed by atoms with E-state index < -0.39 is 6.10 Å². The number of benzene rings is 1. The molecule has 3 heteroatoms. The van der Waals surface area contributed by atoms with E-state index in [-0.39, 0.29) is 0 Å². The molecule has 1 aromatic carbocycles. The number of aryl methyl sites for hydroxylation is 2. The van der Waals surface area contributed by atoms with Gasteiger partial charge in [0.05, 0.1) is 0 Å². The van der Waals surface area contributed by atoms with Crippen LogP contribution >= 0.6 is 0 Å². The van der Waals surface area contributed by atoms with Gasteiger partial charge in [-0.2, -0.15) is 0 Å². The Labute approximate surface area is 116 Å². The molecule has 0 aliphatic heterocycles. The molecule has 0 radical (unpaired) electrons. The Morgan fingerprint density at radius 3 is 2.74 bits per heavy atom. The van der Waals surface area contributed by atoms with Crippen molar-refractivity contribution in [1.29, 1.82) is 0 Å². The summed E-state index contributed by atoms with van der Waals surface area (Å²) in [6, 6.07) is 6.70. The first-order valence-electron chi connectivity index (χ1n) is 7.26. The summed E-state index contributed by atoms with van der Waals surface area (Å²) in [4.78, 5) is 0. The van der Waals surface area contributed by atoms with E-state index in [1.807, 2.05) is 19.1 Å². The highest BCUT2D eigenvalue weighted by molar-refractivity contribution is 5.35. The summed E-state index contributed by atoms with van der Waals surface area (Å²) in [7, 11) is 0. The largest absolute Gasteiger partial charge is 0.491 e. The normalized spacial score (nSPS) is 17.6. The van der Waals surface area contributed by atoms with Crippen LogP contribution in [0.4, 0.5) is 0 Å². The molecule has 19 heavy (non-hydrogen) atoms. The lowest BCUT2D eigenvalue weighted by Gasteiger charge is -2.17. The number of hydrogen-bond acceptors (Lipinski definition) is 3. The summed E-state index contributed by atoms with van der Waals surface area (Å²) in [5.74, 6) is 0.866. The van der Waals surface area contributed by atoms with Gasteiger partial charge < -0.3 is 15.2 Å². The lowest BCUT2D eigenvalue weighted by Crippen LogP contribution is -2.36. The van der Waals surface area contributed by atoms with Crippen molar-refractivity contribution in [3.8, 4) is 5.75 Å². The van der Waals surface area contributed by atoms with Crippen LogP contribution in [-0.4, -0.2) is 30.4 Å². The van der Waals surface area contributed by atoms with E-state index in [0.29, 0.717) is 19.2 Å². The topological polar surface area (TPSA) is 41.5 Å². The lowest BCUT2D eigenvalue weighted by molar-refractivity contribution is 0.103. The van der Waals surface area contributed by atoms with Gasteiger partial charge in [-0.05, 0) is 38.3 Å². The molecule has 1 aliphatic rings. The molecule has 0 unspecified atom stereocenters. The van der Waals surface area contributed by atoms with Crippen LogP contribution in [0.25, 0.3) is 0 Å². The van der Waals surface area contributed by atoms with Crippen LogP contribution in [0.1, 0.15) is 36.8 Å². The maximum absolute atomic E-state index is 9.93. The SMILES string of the molecule is Cc1ccc(OC[C@@H](O)CNC2CCCC2)c(C)c1. The van der Waals surface area contributed by atoms with E-state index in [1.165, 1.54) is 31.2 Å². The smallest absolute Gasteiger partial charge is 0.122 e. The van der Waals surface area contributed by atoms with Crippen LogP contribution < -0.4 is 10.1 Å². The molecule has 0 spiro atoms. The molecule has 0 amide bonds. The number of ether oxygens (including phenoxy) is 1. The molecular formula is C16H25NO2. The van der Waals surface area contributed by atoms with E-state index in [2.05, 4.69) is 18.3 Å². The second-order valence-electron chi connectivity index (χ2n) is 5.62. The molecule has 1 aromatic rings. The van der Waals surface area contributed by atoms with Crippen molar-refractivity contribution < 1.29 is 9.84 Å². The fraction of sp³-hybridized carbons (Fsp3) is 0.625. The molecule has 3 nitrogen and oxygen atoms in total. The summed E-state index contributed by atoms with van der Waals surface area (Å²) in [5, 5.41) is 13.3. The first-order chi connectivity index (χ1) is 9.15. The summed E-state index contributed by atoms with van der Waals surface area (Å²) < 4.78 is 5.68. The fourth-order valence-corrected chi connectivity index (χ4v) is 2.64. The zero-order chi connectivity index (χ0) is 13.7. The fourth-order valence-electron chi connectivity index (χ4n) is 2.64. The Kier molecular flexibility index (Phi) is 5.23. The standard InChI is InChI=1S/C16H25NO2/c1-12-7-8-16(13(2)9-12)19-11-15(18)10-17-14-5-3-4-6-14/h7-9,14-15,17-18H,3-6,10-11H2,1-2H3/t15-/m0/s1. The van der Waals surface area contributed by atoms with Crippen LogP contribution in [0.3, 0.4) is 0 Å². The van der Waals surface area contributed by atoms with E-state index in [0.717, 1.165) is 11.3 Å². The van der Waals surface area contributed by atoms with E-state index in [9.17, 15) is 5.11 Å². The molecule has 0 aromatic heterocycles. The lowest BCUT2D eigenvalue weighted by atomic mass is 10.1. The predicted octanol–water partition coefficient (Wildman–Crippen LogP) is 2.58. The molecule has 0 bridgehead atoms. The van der Waals surface area contributed by atoms with E-state index >= 15 is 0 Å². The molecule has 1 atom stereocenters. The second kappa shape index (κ2) is 6.92. The minimum absolute atomic E-state index is 0.351. The zero-order valence-corrected chi connectivity index (χ0v) is 12.0. The van der Waals surface area contributed by atoms with Gasteiger partial charge in [-0.3, -0.25) is 0 Å². The quantitative estimate of drug-likeness (QED) is 0.829. The molecule has 106 valence electrons. The van der Waals surface area contributed by atoms with Crippen LogP contribution in [-0.2, 0) is 0 Å². The molecule has 1 aliphatic carbocycles. The van der Waals surface area contributed by atoms with Gasteiger partial charge in [-0.25, -0.2) is 0 Å². The third-order valence-electron chi connectivity index (χ3n) is 3.76. The monoisotopic (exact) mass is 263 g/mol. The van der Waals surface area contributed by atoms with Gasteiger partial charge in [-0.15, -0.1) is 0 Å². The highest BCUT2D eigenvalue weighted by Gasteiger charge is 2.15. The van der Waals surface area contributed by atoms with Gasteiger partial charge in [0.2, 0.25) is 0 Å². The van der Waals surface area contributed by atoms with Crippen LogP contribution in [0.5, 0.6) is 5.75 Å². The first-order valence-corrected chi connectivity index (χ1v) is 7.26. The Hall–Kier alpha value is -1.06. The number of aliphatic hydroxyl groups is 1. The second-order valence-corrected chi connectivity index (χ2v) is 5.62. The molecule has 2 N–H and O–H groups in total. The number of aliphatic hydroxyl groups excluding tert-OH is 1. The molecule has 2 rings (SSSR count). The minimum atomic E-state index is -0.443. The predicted molar refractivity (Wildman–Crippen MR) is 77.7 cm³/mol. The van der Waals surface area contributed by atoms with Crippen molar-refractivity contribution in [1.82, 2.24) is 5.32 Å². The Morgan fingerprint density at radius 2 is 2.05 bits per heavy atom. The molecule has 0 saturated heterocycles. The highest BCUT2D eigenvalue weighted by Crippen LogP contribution is 2.19.